The van der Waals surface area contributed by atoms with Crippen LogP contribution in [0.5, 0.6) is 0 Å². The Balaban J connectivity index is 2.24. The van der Waals surface area contributed by atoms with E-state index in [0.717, 1.165) is 6.54 Å². The Morgan fingerprint density at radius 3 is 2.89 bits per heavy atom. The van der Waals surface area contributed by atoms with Gasteiger partial charge < -0.3 is 5.32 Å². The molecule has 0 radical (unpaired) electrons. The van der Waals surface area contributed by atoms with Crippen molar-refractivity contribution in [2.24, 2.45) is 0 Å². The molecule has 0 bridgehead atoms. The third-order valence-corrected chi connectivity index (χ3v) is 3.73. The van der Waals surface area contributed by atoms with Crippen molar-refractivity contribution in [3.8, 4) is 0 Å². The monoisotopic (exact) mass is 243 g/mol. The van der Waals surface area contributed by atoms with Gasteiger partial charge in [0.25, 0.3) is 0 Å². The fourth-order valence-corrected chi connectivity index (χ4v) is 2.82. The summed E-state index contributed by atoms with van der Waals surface area (Å²) < 4.78 is 0. The van der Waals surface area contributed by atoms with Crippen LogP contribution in [0, 0.1) is 6.92 Å². The highest BCUT2D eigenvalue weighted by atomic mass is 14.9. The van der Waals surface area contributed by atoms with Crippen LogP contribution in [0.3, 0.4) is 0 Å². The highest BCUT2D eigenvalue weighted by Crippen LogP contribution is 2.29. The number of nitrogens with one attached hydrogen (secondary N) is 1. The van der Waals surface area contributed by atoms with Gasteiger partial charge in [0.05, 0.1) is 6.04 Å². The smallest absolute Gasteiger partial charge is 0.0536 e. The lowest BCUT2D eigenvalue weighted by molar-refractivity contribution is 0.589. The second kappa shape index (κ2) is 6.75. The van der Waals surface area contributed by atoms with Crippen molar-refractivity contribution in [3.05, 3.63) is 47.0 Å². The Labute approximate surface area is 111 Å². The second-order valence-corrected chi connectivity index (χ2v) is 5.28. The summed E-state index contributed by atoms with van der Waals surface area (Å²) in [5.41, 5.74) is 4.37. The molecule has 1 aliphatic carbocycles. The average Bonchev–Trinajstić information content (AvgIpc) is 2.64. The van der Waals surface area contributed by atoms with Gasteiger partial charge in [-0.1, -0.05) is 54.8 Å². The molecule has 1 heteroatoms. The molecule has 0 fully saturated rings. The number of benzene rings is 1. The maximum atomic E-state index is 3.66. The first-order chi connectivity index (χ1) is 8.81. The maximum absolute atomic E-state index is 3.66. The van der Waals surface area contributed by atoms with Crippen molar-refractivity contribution >= 4 is 0 Å². The summed E-state index contributed by atoms with van der Waals surface area (Å²) in [6.07, 6.45) is 9.07. The normalized spacial score (nSPS) is 18.0. The van der Waals surface area contributed by atoms with E-state index in [1.165, 1.54) is 43.2 Å². The van der Waals surface area contributed by atoms with Crippen LogP contribution in [0.2, 0.25) is 0 Å². The SMILES string of the molecule is CCNC(C1=CCCCCC1)c1cccc(C)c1. The highest BCUT2D eigenvalue weighted by Gasteiger charge is 2.16. The van der Waals surface area contributed by atoms with Crippen molar-refractivity contribution in [3.63, 3.8) is 0 Å². The fourth-order valence-electron chi connectivity index (χ4n) is 2.82. The first-order valence-corrected chi connectivity index (χ1v) is 7.30. The van der Waals surface area contributed by atoms with E-state index in [1.54, 1.807) is 5.57 Å². The lowest BCUT2D eigenvalue weighted by atomic mass is 9.94. The Bertz CT molecular complexity index is 406. The van der Waals surface area contributed by atoms with Crippen LogP contribution in [0.4, 0.5) is 0 Å². The summed E-state index contributed by atoms with van der Waals surface area (Å²) >= 11 is 0. The minimum Gasteiger partial charge on any atom is -0.307 e. The van der Waals surface area contributed by atoms with Gasteiger partial charge >= 0.3 is 0 Å². The molecule has 0 spiro atoms. The molecule has 0 saturated heterocycles. The van der Waals surface area contributed by atoms with Crippen LogP contribution < -0.4 is 5.32 Å². The van der Waals surface area contributed by atoms with Crippen LogP contribution in [0.25, 0.3) is 0 Å². The topological polar surface area (TPSA) is 12.0 Å². The molecule has 1 aliphatic rings. The lowest BCUT2D eigenvalue weighted by Gasteiger charge is -2.22. The maximum Gasteiger partial charge on any atom is 0.0536 e. The molecule has 1 aromatic rings. The number of allylic oxidation sites excluding steroid dienone is 1. The molecule has 0 aliphatic heterocycles. The largest absolute Gasteiger partial charge is 0.307 e. The lowest BCUT2D eigenvalue weighted by Crippen LogP contribution is -2.23. The number of hydrogen-bond donors (Lipinski definition) is 1. The zero-order chi connectivity index (χ0) is 12.8. The van der Waals surface area contributed by atoms with Gasteiger partial charge in [-0.25, -0.2) is 0 Å². The quantitative estimate of drug-likeness (QED) is 0.766. The average molecular weight is 243 g/mol. The minimum absolute atomic E-state index is 0.424. The van der Waals surface area contributed by atoms with Gasteiger partial charge in [0.2, 0.25) is 0 Å². The summed E-state index contributed by atoms with van der Waals surface area (Å²) in [5, 5.41) is 3.66. The van der Waals surface area contributed by atoms with E-state index >= 15 is 0 Å². The van der Waals surface area contributed by atoms with E-state index in [0.29, 0.717) is 6.04 Å². The molecule has 98 valence electrons. The van der Waals surface area contributed by atoms with Crippen LogP contribution >= 0.6 is 0 Å². The van der Waals surface area contributed by atoms with Gasteiger partial charge in [0.1, 0.15) is 0 Å². The molecular formula is C17H25N. The van der Waals surface area contributed by atoms with Gasteiger partial charge in [-0.05, 0) is 44.7 Å². The van der Waals surface area contributed by atoms with E-state index in [1.807, 2.05) is 0 Å². The minimum atomic E-state index is 0.424. The van der Waals surface area contributed by atoms with Crippen molar-refractivity contribution < 1.29 is 0 Å². The van der Waals surface area contributed by atoms with Crippen LogP contribution in [-0.4, -0.2) is 6.54 Å². The summed E-state index contributed by atoms with van der Waals surface area (Å²) in [7, 11) is 0. The van der Waals surface area contributed by atoms with Gasteiger partial charge in [0.15, 0.2) is 0 Å². The number of likely N-dealkylation sites (N-methyl/N-ethyl adjacent to an activating group) is 1. The molecule has 0 saturated carbocycles. The number of rotatable bonds is 4. The van der Waals surface area contributed by atoms with Crippen molar-refractivity contribution in [2.45, 2.75) is 52.0 Å². The van der Waals surface area contributed by atoms with Gasteiger partial charge in [-0.15, -0.1) is 0 Å². The molecule has 0 aromatic heterocycles. The summed E-state index contributed by atoms with van der Waals surface area (Å²) in [6, 6.07) is 9.35. The van der Waals surface area contributed by atoms with Crippen molar-refractivity contribution in [1.29, 1.82) is 0 Å². The highest BCUT2D eigenvalue weighted by molar-refractivity contribution is 5.31. The Kier molecular flexibility index (Phi) is 5.00. The number of hydrogen-bond acceptors (Lipinski definition) is 1. The molecule has 1 aromatic carbocycles. The van der Waals surface area contributed by atoms with E-state index in [2.05, 4.69) is 49.5 Å². The molecule has 1 nitrogen and oxygen atoms in total. The molecule has 18 heavy (non-hydrogen) atoms. The predicted octanol–water partition coefficient (Wildman–Crippen LogP) is 4.54. The Morgan fingerprint density at radius 2 is 2.11 bits per heavy atom. The molecular weight excluding hydrogens is 218 g/mol. The van der Waals surface area contributed by atoms with E-state index in [9.17, 15) is 0 Å². The van der Waals surface area contributed by atoms with E-state index in [4.69, 9.17) is 0 Å². The van der Waals surface area contributed by atoms with Gasteiger partial charge in [0, 0.05) is 0 Å². The van der Waals surface area contributed by atoms with E-state index in [-0.39, 0.29) is 0 Å². The van der Waals surface area contributed by atoms with Crippen molar-refractivity contribution in [1.82, 2.24) is 5.32 Å². The molecule has 1 unspecified atom stereocenters. The first kappa shape index (κ1) is 13.4. The Morgan fingerprint density at radius 1 is 1.22 bits per heavy atom. The molecule has 1 atom stereocenters. The molecule has 1 N–H and O–H groups in total. The molecule has 0 heterocycles. The van der Waals surface area contributed by atoms with Crippen LogP contribution in [-0.2, 0) is 0 Å². The summed E-state index contributed by atoms with van der Waals surface area (Å²) in [4.78, 5) is 0. The van der Waals surface area contributed by atoms with Crippen molar-refractivity contribution in [2.75, 3.05) is 6.54 Å². The molecule has 2 rings (SSSR count). The summed E-state index contributed by atoms with van der Waals surface area (Å²) in [5.74, 6) is 0. The van der Waals surface area contributed by atoms with Crippen LogP contribution in [0.1, 0.15) is 56.2 Å². The first-order valence-electron chi connectivity index (χ1n) is 7.30. The second-order valence-electron chi connectivity index (χ2n) is 5.28. The predicted molar refractivity (Wildman–Crippen MR) is 78.8 cm³/mol. The number of aryl methyl sites for hydroxylation is 1. The van der Waals surface area contributed by atoms with Gasteiger partial charge in [-0.2, -0.15) is 0 Å². The van der Waals surface area contributed by atoms with Gasteiger partial charge in [-0.3, -0.25) is 0 Å². The zero-order valence-corrected chi connectivity index (χ0v) is 11.7. The third kappa shape index (κ3) is 3.46. The fraction of sp³-hybridized carbons (Fsp3) is 0.529. The van der Waals surface area contributed by atoms with Crippen LogP contribution in [0.15, 0.2) is 35.9 Å². The third-order valence-electron chi connectivity index (χ3n) is 3.73. The Hall–Kier alpha value is -1.08. The zero-order valence-electron chi connectivity index (χ0n) is 11.7. The molecule has 0 amide bonds. The summed E-state index contributed by atoms with van der Waals surface area (Å²) in [6.45, 7) is 5.39. The standard InChI is InChI=1S/C17H25N/c1-3-18-17(15-10-6-4-5-7-11-15)16-12-8-9-14(2)13-16/h8-10,12-13,17-18H,3-7,11H2,1-2H3. The van der Waals surface area contributed by atoms with E-state index < -0.39 is 0 Å².